The van der Waals surface area contributed by atoms with E-state index in [1.54, 1.807) is 0 Å². The molecule has 24 nitrogen and oxygen atoms in total. The summed E-state index contributed by atoms with van der Waals surface area (Å²) >= 11 is 0. The lowest BCUT2D eigenvalue weighted by Gasteiger charge is -1.88. The van der Waals surface area contributed by atoms with E-state index < -0.39 is 45.6 Å². The fourth-order valence-electron chi connectivity index (χ4n) is 0. The molecule has 0 aromatic heterocycles. The molecule has 0 saturated heterocycles. The fraction of sp³-hybridized carbons (Fsp3) is 0. The van der Waals surface area contributed by atoms with Crippen LogP contribution in [0.25, 0.3) is 0 Å². The predicted octanol–water partition coefficient (Wildman–Crippen LogP) is -6.18. The van der Waals surface area contributed by atoms with Gasteiger partial charge in [-0.15, -0.1) is 0 Å². The van der Waals surface area contributed by atoms with Gasteiger partial charge in [0.1, 0.15) is 0 Å². The molecule has 0 fully saturated rings. The Labute approximate surface area is 172 Å². The molecule has 0 aliphatic carbocycles. The van der Waals surface area contributed by atoms with E-state index in [4.69, 9.17) is 0 Å². The lowest BCUT2D eigenvalue weighted by atomic mass is 13.8. The number of nitrogens with two attached hydrogens (primary N) is 18. The molecule has 0 atom stereocenters. The Morgan fingerprint density at radius 1 is 0.200 bits per heavy atom. The van der Waals surface area contributed by atoms with Gasteiger partial charge in [0.25, 0.3) is 45.6 Å². The zero-order valence-electron chi connectivity index (χ0n) is 15.5. The van der Waals surface area contributed by atoms with Gasteiger partial charge in [0.2, 0.25) is 0 Å². The largest absolute Gasteiger partial charge is 0.272 e. The zero-order chi connectivity index (χ0) is 27.0. The van der Waals surface area contributed by atoms with Crippen molar-refractivity contribution in [3.63, 3.8) is 0 Å². The summed E-state index contributed by atoms with van der Waals surface area (Å²) < 4.78 is 57.3. The SMILES string of the molecule is NP(N)(N)=O.NP(N)(N)=O.NP(N)(N)=O.NP(N)(N)=O.NP(N)(N)=O.NP(N)(N)=O. The molecule has 192 valence electrons. The Kier molecular flexibility index (Phi) is 26.8. The highest BCUT2D eigenvalue weighted by atomic mass is 31.2. The summed E-state index contributed by atoms with van der Waals surface area (Å²) in [5.41, 5.74) is 80.4. The van der Waals surface area contributed by atoms with Gasteiger partial charge in [-0.2, -0.15) is 0 Å². The summed E-state index contributed by atoms with van der Waals surface area (Å²) in [6.07, 6.45) is 0. The van der Waals surface area contributed by atoms with Gasteiger partial charge in [-0.3, -0.25) is 126 Å². The van der Waals surface area contributed by atoms with Crippen LogP contribution in [0.3, 0.4) is 0 Å². The van der Waals surface area contributed by atoms with E-state index in [9.17, 15) is 27.4 Å². The van der Waals surface area contributed by atoms with Crippen molar-refractivity contribution in [2.75, 3.05) is 0 Å². The van der Waals surface area contributed by atoms with Crippen molar-refractivity contribution in [3.8, 4) is 0 Å². The Bertz CT molecular complexity index is 473. The van der Waals surface area contributed by atoms with E-state index in [1.165, 1.54) is 0 Å². The first kappa shape index (κ1) is 44.4. The van der Waals surface area contributed by atoms with Crippen molar-refractivity contribution >= 4 is 45.6 Å². The van der Waals surface area contributed by atoms with Gasteiger partial charge in [0.15, 0.2) is 0 Å². The topological polar surface area (TPSA) is 571 Å². The second-order valence-corrected chi connectivity index (χ2v) is 13.7. The molecule has 0 rings (SSSR count). The first-order valence-electron chi connectivity index (χ1n) is 5.74. The molecule has 0 spiro atoms. The molecule has 0 radical (unpaired) electrons. The molecule has 30 heavy (non-hydrogen) atoms. The second kappa shape index (κ2) is 18.1. The van der Waals surface area contributed by atoms with Crippen LogP contribution in [0.1, 0.15) is 0 Å². The van der Waals surface area contributed by atoms with Crippen LogP contribution in [0.2, 0.25) is 0 Å². The molecule has 0 amide bonds. The standard InChI is InChI=1S/6H6N3OP/c6*1-5(2,3)4/h6*(H6,1,2,3,4). The van der Waals surface area contributed by atoms with Gasteiger partial charge < -0.3 is 0 Å². The monoisotopic (exact) mass is 570 g/mol. The second-order valence-electron chi connectivity index (χ2n) is 4.58. The molecule has 0 aromatic rings. The van der Waals surface area contributed by atoms with Crippen LogP contribution in [0, 0.1) is 0 Å². The van der Waals surface area contributed by atoms with Crippen molar-refractivity contribution < 1.29 is 27.4 Å². The van der Waals surface area contributed by atoms with Crippen LogP contribution in [-0.4, -0.2) is 0 Å². The minimum absolute atomic E-state index is 3.14. The van der Waals surface area contributed by atoms with Crippen LogP contribution >= 0.6 is 45.6 Å². The van der Waals surface area contributed by atoms with Gasteiger partial charge >= 0.3 is 0 Å². The molecule has 0 aliphatic heterocycles. The zero-order valence-corrected chi connectivity index (χ0v) is 20.9. The van der Waals surface area contributed by atoms with Gasteiger partial charge in [-0.25, -0.2) is 0 Å². The Hall–Kier alpha value is 0.660. The summed E-state index contributed by atoms with van der Waals surface area (Å²) in [6.45, 7) is 0. The van der Waals surface area contributed by atoms with Crippen molar-refractivity contribution in [1.82, 2.24) is 0 Å². The van der Waals surface area contributed by atoms with E-state index in [2.05, 4.69) is 99.1 Å². The molecule has 0 heterocycles. The van der Waals surface area contributed by atoms with Crippen molar-refractivity contribution in [1.29, 1.82) is 0 Å². The summed E-state index contributed by atoms with van der Waals surface area (Å²) in [5.74, 6) is 0. The Morgan fingerprint density at radius 3 is 0.200 bits per heavy atom. The number of hydrogen-bond donors (Lipinski definition) is 18. The average Bonchev–Trinajstić information content (AvgIpc) is 1.94. The highest BCUT2D eigenvalue weighted by Gasteiger charge is 1.92. The Morgan fingerprint density at radius 2 is 0.200 bits per heavy atom. The molecule has 0 aliphatic rings. The van der Waals surface area contributed by atoms with Crippen LogP contribution in [0.4, 0.5) is 0 Å². The Balaban J connectivity index is -0.0000000576. The van der Waals surface area contributed by atoms with Crippen LogP contribution < -0.4 is 99.1 Å². The lowest BCUT2D eigenvalue weighted by Crippen LogP contribution is -2.12. The summed E-state index contributed by atoms with van der Waals surface area (Å²) in [6, 6.07) is 0. The first-order valence-corrected chi connectivity index (χ1v) is 17.2. The van der Waals surface area contributed by atoms with Crippen molar-refractivity contribution in [2.24, 2.45) is 99.1 Å². The van der Waals surface area contributed by atoms with Crippen LogP contribution in [-0.2, 0) is 27.4 Å². The van der Waals surface area contributed by atoms with E-state index in [1.807, 2.05) is 0 Å². The van der Waals surface area contributed by atoms with Crippen LogP contribution in [0.5, 0.6) is 0 Å². The van der Waals surface area contributed by atoms with Crippen LogP contribution in [0.15, 0.2) is 0 Å². The van der Waals surface area contributed by atoms with Gasteiger partial charge in [0, 0.05) is 0 Å². The molecule has 30 heteroatoms. The summed E-state index contributed by atoms with van der Waals surface area (Å²) in [5, 5.41) is 0. The quantitative estimate of drug-likeness (QED) is 0.120. The average molecular weight is 570 g/mol. The summed E-state index contributed by atoms with van der Waals surface area (Å²) in [7, 11) is -18.8. The highest BCUT2D eigenvalue weighted by Crippen LogP contribution is 2.08. The maximum absolute atomic E-state index is 9.55. The highest BCUT2D eigenvalue weighted by molar-refractivity contribution is 7.57. The van der Waals surface area contributed by atoms with Gasteiger partial charge in [0.05, 0.1) is 0 Å². The molecule has 0 bridgehead atoms. The number of rotatable bonds is 0. The maximum atomic E-state index is 9.55. The predicted molar refractivity (Wildman–Crippen MR) is 121 cm³/mol. The van der Waals surface area contributed by atoms with E-state index in [-0.39, 0.29) is 0 Å². The third-order valence-corrected chi connectivity index (χ3v) is 0. The molecule has 0 aromatic carbocycles. The third kappa shape index (κ3) is 50300. The van der Waals surface area contributed by atoms with E-state index in [0.29, 0.717) is 0 Å². The van der Waals surface area contributed by atoms with E-state index in [0.717, 1.165) is 0 Å². The number of hydrogen-bond acceptors (Lipinski definition) is 6. The minimum atomic E-state index is -3.14. The smallest absolute Gasteiger partial charge is 0.271 e. The lowest BCUT2D eigenvalue weighted by molar-refractivity contribution is 0.576. The molecule has 36 N–H and O–H groups in total. The van der Waals surface area contributed by atoms with E-state index >= 15 is 0 Å². The molecule has 0 saturated carbocycles. The normalized spacial score (nSPS) is 11.8. The van der Waals surface area contributed by atoms with Gasteiger partial charge in [-0.05, 0) is 0 Å². The third-order valence-electron chi connectivity index (χ3n) is 0. The molecular weight excluding hydrogens is 534 g/mol. The summed E-state index contributed by atoms with van der Waals surface area (Å²) in [4.78, 5) is 0. The van der Waals surface area contributed by atoms with Crippen molar-refractivity contribution in [2.45, 2.75) is 0 Å². The molecule has 0 unspecified atom stereocenters. The minimum Gasteiger partial charge on any atom is -0.272 e. The fourth-order valence-corrected chi connectivity index (χ4v) is 0. The van der Waals surface area contributed by atoms with Gasteiger partial charge in [-0.1, -0.05) is 0 Å². The maximum Gasteiger partial charge on any atom is 0.271 e. The first-order chi connectivity index (χ1) is 12.0. The molecular formula is H36N18O6P6. The van der Waals surface area contributed by atoms with Crippen molar-refractivity contribution in [3.05, 3.63) is 0 Å².